The summed E-state index contributed by atoms with van der Waals surface area (Å²) < 4.78 is 0. The molecule has 1 fully saturated rings. The van der Waals surface area contributed by atoms with E-state index in [1.165, 1.54) is 44.3 Å². The second kappa shape index (κ2) is 10.1. The van der Waals surface area contributed by atoms with Gasteiger partial charge in [0.25, 0.3) is 0 Å². The minimum absolute atomic E-state index is 0.0247. The lowest BCUT2D eigenvalue weighted by Gasteiger charge is -2.32. The van der Waals surface area contributed by atoms with E-state index in [9.17, 15) is 5.11 Å². The summed E-state index contributed by atoms with van der Waals surface area (Å²) in [6, 6.07) is 0. The predicted molar refractivity (Wildman–Crippen MR) is 87.0 cm³/mol. The average molecular weight is 288 g/mol. The van der Waals surface area contributed by atoms with Crippen LogP contribution in [0.1, 0.15) is 71.6 Å². The summed E-state index contributed by atoms with van der Waals surface area (Å²) in [7, 11) is 0. The standard InChI is InChI=1S/C16H33NOS/c1-3-12-17-16(4-2,14-18)11-8-13-19-15-9-6-5-7-10-15/h15,17-18H,3-14H2,1-2H3. The molecule has 0 saturated heterocycles. The molecule has 0 aromatic rings. The van der Waals surface area contributed by atoms with Gasteiger partial charge in [0.05, 0.1) is 6.61 Å². The van der Waals surface area contributed by atoms with Crippen molar-refractivity contribution in [1.82, 2.24) is 5.32 Å². The normalized spacial score (nSPS) is 20.4. The summed E-state index contributed by atoms with van der Waals surface area (Å²) in [5.74, 6) is 1.26. The largest absolute Gasteiger partial charge is 0.394 e. The molecule has 2 N–H and O–H groups in total. The summed E-state index contributed by atoms with van der Waals surface area (Å²) in [5, 5.41) is 14.2. The molecule has 1 aliphatic rings. The van der Waals surface area contributed by atoms with Gasteiger partial charge in [-0.05, 0) is 50.8 Å². The number of hydrogen-bond donors (Lipinski definition) is 2. The van der Waals surface area contributed by atoms with Crippen molar-refractivity contribution in [3.8, 4) is 0 Å². The van der Waals surface area contributed by atoms with Gasteiger partial charge in [0, 0.05) is 10.8 Å². The van der Waals surface area contributed by atoms with Crippen molar-refractivity contribution in [3.05, 3.63) is 0 Å². The van der Waals surface area contributed by atoms with Crippen molar-refractivity contribution in [2.75, 3.05) is 18.9 Å². The average Bonchev–Trinajstić information content (AvgIpc) is 2.48. The zero-order valence-corrected chi connectivity index (χ0v) is 13.7. The van der Waals surface area contributed by atoms with Gasteiger partial charge in [-0.25, -0.2) is 0 Å². The minimum atomic E-state index is -0.0247. The maximum atomic E-state index is 9.68. The van der Waals surface area contributed by atoms with Crippen molar-refractivity contribution in [3.63, 3.8) is 0 Å². The molecule has 0 heterocycles. The molecule has 0 amide bonds. The summed E-state index contributed by atoms with van der Waals surface area (Å²) in [5.41, 5.74) is -0.0247. The summed E-state index contributed by atoms with van der Waals surface area (Å²) in [6.07, 6.45) is 11.7. The Bertz CT molecular complexity index is 213. The Morgan fingerprint density at radius 2 is 1.95 bits per heavy atom. The smallest absolute Gasteiger partial charge is 0.0613 e. The van der Waals surface area contributed by atoms with E-state index in [1.807, 2.05) is 0 Å². The molecule has 1 rings (SSSR count). The number of rotatable bonds is 10. The van der Waals surface area contributed by atoms with E-state index in [-0.39, 0.29) is 12.1 Å². The Morgan fingerprint density at radius 1 is 1.21 bits per heavy atom. The molecule has 0 aromatic carbocycles. The molecule has 19 heavy (non-hydrogen) atoms. The molecule has 0 aliphatic heterocycles. The molecule has 0 bridgehead atoms. The number of hydrogen-bond acceptors (Lipinski definition) is 3. The number of aliphatic hydroxyl groups excluding tert-OH is 1. The third-order valence-electron chi connectivity index (χ3n) is 4.43. The molecule has 0 aromatic heterocycles. The SMILES string of the molecule is CCCNC(CC)(CO)CCCSC1CCCCC1. The van der Waals surface area contributed by atoms with Gasteiger partial charge in [0.2, 0.25) is 0 Å². The lowest BCUT2D eigenvalue weighted by molar-refractivity contribution is 0.146. The third-order valence-corrected chi connectivity index (χ3v) is 5.90. The highest BCUT2D eigenvalue weighted by molar-refractivity contribution is 7.99. The number of thioether (sulfide) groups is 1. The second-order valence-electron chi connectivity index (χ2n) is 5.95. The van der Waals surface area contributed by atoms with Gasteiger partial charge < -0.3 is 10.4 Å². The zero-order valence-electron chi connectivity index (χ0n) is 12.9. The van der Waals surface area contributed by atoms with E-state index in [2.05, 4.69) is 30.9 Å². The van der Waals surface area contributed by atoms with Crippen LogP contribution in [0.5, 0.6) is 0 Å². The van der Waals surface area contributed by atoms with E-state index in [0.717, 1.165) is 31.1 Å². The first-order valence-electron chi connectivity index (χ1n) is 8.24. The van der Waals surface area contributed by atoms with Crippen LogP contribution in [0.4, 0.5) is 0 Å². The minimum Gasteiger partial charge on any atom is -0.394 e. The van der Waals surface area contributed by atoms with Crippen molar-refractivity contribution in [2.45, 2.75) is 82.4 Å². The molecule has 1 saturated carbocycles. The lowest BCUT2D eigenvalue weighted by Crippen LogP contribution is -2.48. The highest BCUT2D eigenvalue weighted by atomic mass is 32.2. The third kappa shape index (κ3) is 6.50. The van der Waals surface area contributed by atoms with Crippen molar-refractivity contribution >= 4 is 11.8 Å². The van der Waals surface area contributed by atoms with Crippen LogP contribution in [0.2, 0.25) is 0 Å². The molecule has 114 valence electrons. The molecule has 3 heteroatoms. The van der Waals surface area contributed by atoms with Gasteiger partial charge >= 0.3 is 0 Å². The fraction of sp³-hybridized carbons (Fsp3) is 1.00. The lowest BCUT2D eigenvalue weighted by atomic mass is 9.91. The van der Waals surface area contributed by atoms with E-state index in [1.54, 1.807) is 0 Å². The Kier molecular flexibility index (Phi) is 9.17. The first-order valence-corrected chi connectivity index (χ1v) is 9.28. The highest BCUT2D eigenvalue weighted by Gasteiger charge is 2.25. The molecular weight excluding hydrogens is 254 g/mol. The summed E-state index contributed by atoms with van der Waals surface area (Å²) in [4.78, 5) is 0. The van der Waals surface area contributed by atoms with Crippen LogP contribution in [-0.2, 0) is 0 Å². The Hall–Kier alpha value is 0.270. The van der Waals surface area contributed by atoms with Crippen LogP contribution in [0.3, 0.4) is 0 Å². The molecule has 1 unspecified atom stereocenters. The maximum Gasteiger partial charge on any atom is 0.0613 e. The van der Waals surface area contributed by atoms with Crippen LogP contribution in [0, 0.1) is 0 Å². The fourth-order valence-electron chi connectivity index (χ4n) is 2.92. The van der Waals surface area contributed by atoms with Crippen LogP contribution >= 0.6 is 11.8 Å². The number of nitrogens with one attached hydrogen (secondary N) is 1. The van der Waals surface area contributed by atoms with Gasteiger partial charge in [-0.15, -0.1) is 0 Å². The van der Waals surface area contributed by atoms with Gasteiger partial charge in [-0.1, -0.05) is 33.1 Å². The zero-order chi connectivity index (χ0) is 14.0. The van der Waals surface area contributed by atoms with Gasteiger partial charge in [-0.2, -0.15) is 11.8 Å². The highest BCUT2D eigenvalue weighted by Crippen LogP contribution is 2.29. The monoisotopic (exact) mass is 287 g/mol. The molecule has 2 nitrogen and oxygen atoms in total. The predicted octanol–water partition coefficient (Wildman–Crippen LogP) is 3.97. The van der Waals surface area contributed by atoms with Gasteiger partial charge in [-0.3, -0.25) is 0 Å². The molecule has 0 spiro atoms. The Balaban J connectivity index is 2.19. The maximum absolute atomic E-state index is 9.68. The van der Waals surface area contributed by atoms with Crippen molar-refractivity contribution in [2.24, 2.45) is 0 Å². The van der Waals surface area contributed by atoms with Gasteiger partial charge in [0.1, 0.15) is 0 Å². The Morgan fingerprint density at radius 3 is 2.53 bits per heavy atom. The van der Waals surface area contributed by atoms with E-state index in [0.29, 0.717) is 0 Å². The fourth-order valence-corrected chi connectivity index (χ4v) is 4.23. The van der Waals surface area contributed by atoms with Crippen molar-refractivity contribution < 1.29 is 5.11 Å². The second-order valence-corrected chi connectivity index (χ2v) is 7.36. The molecule has 0 radical (unpaired) electrons. The first kappa shape index (κ1) is 17.3. The van der Waals surface area contributed by atoms with E-state index >= 15 is 0 Å². The summed E-state index contributed by atoms with van der Waals surface area (Å²) in [6.45, 7) is 5.67. The summed E-state index contributed by atoms with van der Waals surface area (Å²) >= 11 is 2.17. The molecular formula is C16H33NOS. The van der Waals surface area contributed by atoms with E-state index < -0.39 is 0 Å². The van der Waals surface area contributed by atoms with Gasteiger partial charge in [0.15, 0.2) is 0 Å². The Labute approximate surface area is 124 Å². The number of aliphatic hydroxyl groups is 1. The van der Waals surface area contributed by atoms with Crippen LogP contribution in [0.15, 0.2) is 0 Å². The first-order chi connectivity index (χ1) is 9.26. The topological polar surface area (TPSA) is 32.3 Å². The van der Waals surface area contributed by atoms with Crippen LogP contribution in [0.25, 0.3) is 0 Å². The van der Waals surface area contributed by atoms with Crippen LogP contribution in [-0.4, -0.2) is 34.8 Å². The van der Waals surface area contributed by atoms with E-state index in [4.69, 9.17) is 0 Å². The molecule has 1 atom stereocenters. The quantitative estimate of drug-likeness (QED) is 0.596. The molecule has 1 aliphatic carbocycles. The van der Waals surface area contributed by atoms with Crippen LogP contribution < -0.4 is 5.32 Å². The van der Waals surface area contributed by atoms with Crippen molar-refractivity contribution in [1.29, 1.82) is 0 Å².